The van der Waals surface area contributed by atoms with Crippen LogP contribution in [0.25, 0.3) is 0 Å². The minimum Gasteiger partial charge on any atom is -0.496 e. The zero-order chi connectivity index (χ0) is 25.1. The summed E-state index contributed by atoms with van der Waals surface area (Å²) < 4.78 is 17.0. The fourth-order valence-electron chi connectivity index (χ4n) is 5.66. The molecule has 0 aromatic heterocycles. The maximum atomic E-state index is 12.3. The molecule has 1 spiro atoms. The van der Waals surface area contributed by atoms with E-state index in [0.717, 1.165) is 92.7 Å². The number of ether oxygens (including phenoxy) is 3. The van der Waals surface area contributed by atoms with Gasteiger partial charge in [0.1, 0.15) is 17.5 Å². The molecule has 36 heavy (non-hydrogen) atoms. The average Bonchev–Trinajstić information content (AvgIpc) is 3.37. The van der Waals surface area contributed by atoms with E-state index >= 15 is 0 Å². The van der Waals surface area contributed by atoms with Crippen molar-refractivity contribution in [3.05, 3.63) is 53.1 Å². The summed E-state index contributed by atoms with van der Waals surface area (Å²) in [4.78, 5) is 27.0. The van der Waals surface area contributed by atoms with Gasteiger partial charge in [-0.1, -0.05) is 11.6 Å². The molecule has 2 amide bonds. The van der Waals surface area contributed by atoms with Crippen molar-refractivity contribution in [1.82, 2.24) is 4.90 Å². The maximum Gasteiger partial charge on any atom is 0.412 e. The molecule has 0 unspecified atom stereocenters. The number of carbonyl (C=O) groups is 2. The van der Waals surface area contributed by atoms with Gasteiger partial charge in [-0.2, -0.15) is 0 Å². The van der Waals surface area contributed by atoms with Gasteiger partial charge in [0.15, 0.2) is 0 Å². The number of nitrogens with one attached hydrogen (secondary N) is 2. The molecule has 2 aromatic rings. The first-order chi connectivity index (χ1) is 17.4. The van der Waals surface area contributed by atoms with Crippen LogP contribution in [-0.2, 0) is 21.5 Å². The van der Waals surface area contributed by atoms with Gasteiger partial charge in [-0.3, -0.25) is 10.6 Å². The van der Waals surface area contributed by atoms with E-state index in [-0.39, 0.29) is 12.2 Å². The number of aryl methyl sites for hydroxylation is 1. The van der Waals surface area contributed by atoms with Crippen LogP contribution in [0, 0.1) is 6.92 Å². The van der Waals surface area contributed by atoms with Gasteiger partial charge >= 0.3 is 12.2 Å². The molecule has 2 aromatic carbocycles. The predicted octanol–water partition coefficient (Wildman–Crippen LogP) is 5.59. The van der Waals surface area contributed by atoms with Crippen LogP contribution in [0.3, 0.4) is 0 Å². The Morgan fingerprint density at radius 2 is 1.94 bits per heavy atom. The number of carbonyl (C=O) groups excluding carboxylic acids is 2. The largest absolute Gasteiger partial charge is 0.496 e. The Balaban J connectivity index is 1.20. The molecule has 0 radical (unpaired) electrons. The fraction of sp³-hybridized carbons (Fsp3) is 0.500. The first-order valence-corrected chi connectivity index (χ1v) is 12.9. The summed E-state index contributed by atoms with van der Waals surface area (Å²) in [5.74, 6) is 0.801. The molecular formula is C28H35N3O5. The molecule has 0 atom stereocenters. The van der Waals surface area contributed by atoms with E-state index < -0.39 is 11.7 Å². The summed E-state index contributed by atoms with van der Waals surface area (Å²) in [7, 11) is 1.66. The number of piperidine rings is 1. The smallest absolute Gasteiger partial charge is 0.412 e. The Morgan fingerprint density at radius 1 is 1.17 bits per heavy atom. The Hall–Kier alpha value is -3.26. The van der Waals surface area contributed by atoms with Crippen molar-refractivity contribution in [2.24, 2.45) is 0 Å². The summed E-state index contributed by atoms with van der Waals surface area (Å²) in [6.45, 7) is 4.56. The minimum atomic E-state index is -0.568. The third-order valence-electron chi connectivity index (χ3n) is 7.65. The van der Waals surface area contributed by atoms with Gasteiger partial charge < -0.3 is 19.1 Å². The normalized spacial score (nSPS) is 19.3. The zero-order valence-corrected chi connectivity index (χ0v) is 21.1. The number of benzene rings is 2. The summed E-state index contributed by atoms with van der Waals surface area (Å²) >= 11 is 0. The topological polar surface area (TPSA) is 89.1 Å². The molecule has 8 heteroatoms. The highest BCUT2D eigenvalue weighted by atomic mass is 16.6. The van der Waals surface area contributed by atoms with Crippen molar-refractivity contribution in [3.8, 4) is 5.75 Å². The van der Waals surface area contributed by atoms with Gasteiger partial charge in [0, 0.05) is 43.7 Å². The van der Waals surface area contributed by atoms with Gasteiger partial charge in [-0.05, 0) is 74.9 Å². The SMILES string of the molecule is COc1ccc(NC(=O)OC2CCCC2)cc1CCN1CCC2(CC1)OC(=O)Nc1ccc(C)cc12. The van der Waals surface area contributed by atoms with Crippen molar-refractivity contribution in [3.63, 3.8) is 0 Å². The Bertz CT molecular complexity index is 1120. The summed E-state index contributed by atoms with van der Waals surface area (Å²) in [6.07, 6.45) is 5.66. The number of likely N-dealkylation sites (tertiary alicyclic amines) is 1. The number of hydrogen-bond acceptors (Lipinski definition) is 6. The highest BCUT2D eigenvalue weighted by Gasteiger charge is 2.44. The number of hydrogen-bond donors (Lipinski definition) is 2. The van der Waals surface area contributed by atoms with Crippen LogP contribution in [0.1, 0.15) is 55.2 Å². The number of anilines is 2. The number of amides is 2. The molecule has 1 saturated heterocycles. The van der Waals surface area contributed by atoms with Crippen molar-refractivity contribution in [2.45, 2.75) is 63.6 Å². The average molecular weight is 494 g/mol. The lowest BCUT2D eigenvalue weighted by atomic mass is 9.81. The van der Waals surface area contributed by atoms with E-state index in [1.54, 1.807) is 7.11 Å². The summed E-state index contributed by atoms with van der Waals surface area (Å²) in [6, 6.07) is 11.8. The molecule has 2 fully saturated rings. The van der Waals surface area contributed by atoms with Crippen LogP contribution in [0.4, 0.5) is 21.0 Å². The monoisotopic (exact) mass is 493 g/mol. The highest BCUT2D eigenvalue weighted by Crippen LogP contribution is 2.43. The fourth-order valence-corrected chi connectivity index (χ4v) is 5.66. The van der Waals surface area contributed by atoms with Crippen LogP contribution in [0.5, 0.6) is 5.75 Å². The Labute approximate surface area is 212 Å². The standard InChI is InChI=1S/C28H35N3O5/c1-19-7-9-24-23(17-19)28(36-27(33)30-24)12-15-31(16-13-28)14-11-20-18-21(8-10-25(20)34-2)29-26(32)35-22-5-3-4-6-22/h7-10,17-18,22H,3-6,11-16H2,1-2H3,(H,29,32)(H,30,33). The van der Waals surface area contributed by atoms with E-state index in [9.17, 15) is 9.59 Å². The number of methoxy groups -OCH3 is 1. The number of fused-ring (bicyclic) bond motifs is 2. The quantitative estimate of drug-likeness (QED) is 0.545. The summed E-state index contributed by atoms with van der Waals surface area (Å²) in [5, 5.41) is 5.71. The van der Waals surface area contributed by atoms with Crippen molar-refractivity contribution >= 4 is 23.6 Å². The molecule has 0 bridgehead atoms. The molecular weight excluding hydrogens is 458 g/mol. The zero-order valence-electron chi connectivity index (χ0n) is 21.1. The van der Waals surface area contributed by atoms with E-state index in [4.69, 9.17) is 14.2 Å². The first kappa shape index (κ1) is 24.4. The third kappa shape index (κ3) is 5.28. The molecule has 8 nitrogen and oxygen atoms in total. The van der Waals surface area contributed by atoms with Gasteiger partial charge in [0.25, 0.3) is 0 Å². The molecule has 2 heterocycles. The molecule has 2 aliphatic heterocycles. The van der Waals surface area contributed by atoms with Crippen molar-refractivity contribution in [1.29, 1.82) is 0 Å². The lowest BCUT2D eigenvalue weighted by molar-refractivity contribution is -0.0376. The van der Waals surface area contributed by atoms with Crippen LogP contribution in [-0.4, -0.2) is 49.9 Å². The third-order valence-corrected chi connectivity index (χ3v) is 7.65. The molecule has 2 N–H and O–H groups in total. The Morgan fingerprint density at radius 3 is 2.69 bits per heavy atom. The van der Waals surface area contributed by atoms with Crippen LogP contribution >= 0.6 is 0 Å². The first-order valence-electron chi connectivity index (χ1n) is 12.9. The lowest BCUT2D eigenvalue weighted by Gasteiger charge is -2.44. The second kappa shape index (κ2) is 10.4. The van der Waals surface area contributed by atoms with E-state index in [0.29, 0.717) is 5.69 Å². The molecule has 192 valence electrons. The van der Waals surface area contributed by atoms with E-state index in [1.165, 1.54) is 0 Å². The maximum absolute atomic E-state index is 12.3. The van der Waals surface area contributed by atoms with Crippen LogP contribution in [0.2, 0.25) is 0 Å². The highest BCUT2D eigenvalue weighted by molar-refractivity contribution is 5.89. The second-order valence-electron chi connectivity index (χ2n) is 10.1. The number of nitrogens with zero attached hydrogens (tertiary/aromatic N) is 1. The van der Waals surface area contributed by atoms with E-state index in [2.05, 4.69) is 28.5 Å². The minimum absolute atomic E-state index is 0.0280. The predicted molar refractivity (Wildman–Crippen MR) is 138 cm³/mol. The van der Waals surface area contributed by atoms with Gasteiger partial charge in [0.05, 0.1) is 12.8 Å². The summed E-state index contributed by atoms with van der Waals surface area (Å²) in [5.41, 5.74) is 4.26. The molecule has 3 aliphatic rings. The van der Waals surface area contributed by atoms with Gasteiger partial charge in [-0.15, -0.1) is 0 Å². The van der Waals surface area contributed by atoms with Crippen LogP contribution < -0.4 is 15.4 Å². The second-order valence-corrected chi connectivity index (χ2v) is 10.1. The molecule has 1 saturated carbocycles. The van der Waals surface area contributed by atoms with Crippen LogP contribution in [0.15, 0.2) is 36.4 Å². The lowest BCUT2D eigenvalue weighted by Crippen LogP contribution is -2.48. The van der Waals surface area contributed by atoms with Crippen molar-refractivity contribution < 1.29 is 23.8 Å². The molecule has 5 rings (SSSR count). The van der Waals surface area contributed by atoms with Gasteiger partial charge in [-0.25, -0.2) is 9.59 Å². The van der Waals surface area contributed by atoms with Gasteiger partial charge in [0.2, 0.25) is 0 Å². The van der Waals surface area contributed by atoms with Crippen molar-refractivity contribution in [2.75, 3.05) is 37.4 Å². The molecule has 1 aliphatic carbocycles. The number of rotatable bonds is 6. The van der Waals surface area contributed by atoms with E-state index in [1.807, 2.05) is 30.3 Å². The Kier molecular flexibility index (Phi) is 7.05.